The second kappa shape index (κ2) is 5.81. The number of unbranched alkanes of at least 4 members (excludes halogenated alkanes) is 2. The molecule has 0 saturated carbocycles. The molecule has 1 N–H and O–H groups in total. The van der Waals surface area contributed by atoms with E-state index in [4.69, 9.17) is 0 Å². The zero-order chi connectivity index (χ0) is 15.5. The van der Waals surface area contributed by atoms with Gasteiger partial charge in [0.05, 0.1) is 0 Å². The van der Waals surface area contributed by atoms with Crippen LogP contribution >= 0.6 is 0 Å². The third kappa shape index (κ3) is 3.71. The van der Waals surface area contributed by atoms with Crippen molar-refractivity contribution in [1.82, 2.24) is 4.72 Å². The maximum absolute atomic E-state index is 12.9. The molecule has 0 atom stereocenters. The molecule has 0 radical (unpaired) electrons. The molecule has 0 aromatic heterocycles. The number of rotatable bonds is 7. The van der Waals surface area contributed by atoms with Crippen LogP contribution in [0.25, 0.3) is 0 Å². The normalized spacial score (nSPS) is 14.7. The van der Waals surface area contributed by atoms with Crippen LogP contribution in [0.2, 0.25) is 0 Å². The molecule has 11 heteroatoms. The lowest BCUT2D eigenvalue weighted by molar-refractivity contribution is -0.332. The van der Waals surface area contributed by atoms with Gasteiger partial charge in [0, 0.05) is 6.54 Å². The van der Waals surface area contributed by atoms with Crippen LogP contribution in [0, 0.1) is 0 Å². The van der Waals surface area contributed by atoms with Crippen LogP contribution in [0.15, 0.2) is 0 Å². The average Bonchev–Trinajstić information content (AvgIpc) is 2.22. The van der Waals surface area contributed by atoms with Crippen LogP contribution in [0.5, 0.6) is 0 Å². The van der Waals surface area contributed by atoms with Crippen molar-refractivity contribution in [2.24, 2.45) is 0 Å². The van der Waals surface area contributed by atoms with E-state index in [2.05, 4.69) is 0 Å². The first-order valence-corrected chi connectivity index (χ1v) is 6.61. The van der Waals surface area contributed by atoms with Crippen molar-refractivity contribution >= 4 is 10.0 Å². The molecular formula is C8H12F7NO2S. The Morgan fingerprint density at radius 1 is 0.947 bits per heavy atom. The van der Waals surface area contributed by atoms with E-state index in [1.807, 2.05) is 0 Å². The number of hydrogen-bond donors (Lipinski definition) is 1. The summed E-state index contributed by atoms with van der Waals surface area (Å²) in [6.45, 7) is 1.06. The van der Waals surface area contributed by atoms with Crippen LogP contribution in [0.1, 0.15) is 26.2 Å². The Morgan fingerprint density at radius 2 is 1.42 bits per heavy atom. The Bertz CT molecular complexity index is 390. The van der Waals surface area contributed by atoms with Crippen LogP contribution in [-0.2, 0) is 10.0 Å². The zero-order valence-electron chi connectivity index (χ0n) is 9.70. The van der Waals surface area contributed by atoms with E-state index in [0.29, 0.717) is 12.8 Å². The lowest BCUT2D eigenvalue weighted by Gasteiger charge is -2.27. The van der Waals surface area contributed by atoms with Gasteiger partial charge in [0.2, 0.25) is 0 Å². The summed E-state index contributed by atoms with van der Waals surface area (Å²) in [5.41, 5.74) is 0. The molecule has 116 valence electrons. The van der Waals surface area contributed by atoms with Gasteiger partial charge in [-0.3, -0.25) is 0 Å². The fourth-order valence-electron chi connectivity index (χ4n) is 1.01. The fourth-order valence-corrected chi connectivity index (χ4v) is 2.05. The highest BCUT2D eigenvalue weighted by molar-refractivity contribution is 7.90. The second-order valence-electron chi connectivity index (χ2n) is 3.69. The van der Waals surface area contributed by atoms with Crippen molar-refractivity contribution < 1.29 is 39.2 Å². The van der Waals surface area contributed by atoms with Gasteiger partial charge >= 0.3 is 17.4 Å². The smallest absolute Gasteiger partial charge is 0.210 e. The molecule has 0 unspecified atom stereocenters. The monoisotopic (exact) mass is 319 g/mol. The maximum atomic E-state index is 12.9. The molecule has 0 aliphatic heterocycles. The number of alkyl halides is 7. The first-order chi connectivity index (χ1) is 8.31. The highest BCUT2D eigenvalue weighted by Crippen LogP contribution is 2.48. The molecule has 0 aliphatic rings. The van der Waals surface area contributed by atoms with Gasteiger partial charge in [-0.15, -0.1) is 0 Å². The largest absolute Gasteiger partial charge is 0.461 e. The molecule has 0 amide bonds. The summed E-state index contributed by atoms with van der Waals surface area (Å²) in [6.07, 6.45) is -5.64. The predicted molar refractivity (Wildman–Crippen MR) is 52.4 cm³/mol. The number of halogens is 7. The number of sulfonamides is 1. The standard InChI is InChI=1S/C8H12F7NO2S/c1-2-3-4-5-16-19(17,18)8(14,15)6(9,10)7(11,12)13/h16H,2-5H2,1H3. The highest BCUT2D eigenvalue weighted by atomic mass is 32.2. The highest BCUT2D eigenvalue weighted by Gasteiger charge is 2.78. The Hall–Kier alpha value is -0.580. The topological polar surface area (TPSA) is 46.2 Å². The molecule has 0 saturated heterocycles. The molecule has 0 aromatic rings. The summed E-state index contributed by atoms with van der Waals surface area (Å²) in [6, 6.07) is 0. The predicted octanol–water partition coefficient (Wildman–Crippen LogP) is 2.89. The lowest BCUT2D eigenvalue weighted by Crippen LogP contribution is -2.59. The maximum Gasteiger partial charge on any atom is 0.461 e. The van der Waals surface area contributed by atoms with Gasteiger partial charge in [-0.05, 0) is 6.42 Å². The van der Waals surface area contributed by atoms with Gasteiger partial charge in [-0.2, -0.15) is 30.7 Å². The molecule has 0 spiro atoms. The SMILES string of the molecule is CCCCCNS(=O)(=O)C(F)(F)C(F)(F)C(F)(F)F. The Balaban J connectivity index is 5.08. The van der Waals surface area contributed by atoms with Crippen molar-refractivity contribution in [2.45, 2.75) is 43.5 Å². The van der Waals surface area contributed by atoms with E-state index in [-0.39, 0.29) is 6.42 Å². The molecule has 0 heterocycles. The van der Waals surface area contributed by atoms with Crippen molar-refractivity contribution in [3.05, 3.63) is 0 Å². The lowest BCUT2D eigenvalue weighted by atomic mass is 10.3. The third-order valence-corrected chi connectivity index (χ3v) is 3.65. The Morgan fingerprint density at radius 3 is 1.79 bits per heavy atom. The van der Waals surface area contributed by atoms with Gasteiger partial charge in [0.25, 0.3) is 10.0 Å². The third-order valence-electron chi connectivity index (χ3n) is 2.13. The quantitative estimate of drug-likeness (QED) is 0.579. The minimum absolute atomic E-state index is 0.0450. The van der Waals surface area contributed by atoms with Gasteiger partial charge in [-0.1, -0.05) is 19.8 Å². The number of hydrogen-bond acceptors (Lipinski definition) is 2. The van der Waals surface area contributed by atoms with Gasteiger partial charge in [-0.25, -0.2) is 13.1 Å². The van der Waals surface area contributed by atoms with Crippen LogP contribution in [0.4, 0.5) is 30.7 Å². The van der Waals surface area contributed by atoms with Crippen molar-refractivity contribution in [3.63, 3.8) is 0 Å². The van der Waals surface area contributed by atoms with Gasteiger partial charge in [0.1, 0.15) is 0 Å². The average molecular weight is 319 g/mol. The van der Waals surface area contributed by atoms with E-state index in [1.165, 1.54) is 0 Å². The van der Waals surface area contributed by atoms with Crippen molar-refractivity contribution in [1.29, 1.82) is 0 Å². The molecular weight excluding hydrogens is 307 g/mol. The molecule has 0 fully saturated rings. The number of nitrogens with one attached hydrogen (secondary N) is 1. The van der Waals surface area contributed by atoms with Crippen molar-refractivity contribution in [2.75, 3.05) is 6.54 Å². The minimum atomic E-state index is -6.67. The molecule has 3 nitrogen and oxygen atoms in total. The molecule has 0 aliphatic carbocycles. The second-order valence-corrected chi connectivity index (χ2v) is 5.50. The summed E-state index contributed by atoms with van der Waals surface area (Å²) in [5, 5.41) is -6.27. The summed E-state index contributed by atoms with van der Waals surface area (Å²) in [4.78, 5) is 0. The van der Waals surface area contributed by atoms with Crippen LogP contribution < -0.4 is 4.72 Å². The molecule has 19 heavy (non-hydrogen) atoms. The fraction of sp³-hybridized carbons (Fsp3) is 1.00. The summed E-state index contributed by atoms with van der Waals surface area (Å²) in [5.74, 6) is -6.67. The van der Waals surface area contributed by atoms with Gasteiger partial charge < -0.3 is 0 Å². The van der Waals surface area contributed by atoms with E-state index < -0.39 is 33.9 Å². The summed E-state index contributed by atoms with van der Waals surface area (Å²) in [7, 11) is -6.13. The van der Waals surface area contributed by atoms with Crippen LogP contribution in [0.3, 0.4) is 0 Å². The first-order valence-electron chi connectivity index (χ1n) is 5.13. The van der Waals surface area contributed by atoms with E-state index >= 15 is 0 Å². The molecule has 0 bridgehead atoms. The van der Waals surface area contributed by atoms with Crippen molar-refractivity contribution in [3.8, 4) is 0 Å². The summed E-state index contributed by atoms with van der Waals surface area (Å²) >= 11 is 0. The van der Waals surface area contributed by atoms with Gasteiger partial charge in [0.15, 0.2) is 0 Å². The summed E-state index contributed by atoms with van der Waals surface area (Å²) < 4.78 is 109. The molecule has 0 rings (SSSR count). The van der Waals surface area contributed by atoms with E-state index in [1.54, 1.807) is 6.92 Å². The molecule has 0 aromatic carbocycles. The Kier molecular flexibility index (Phi) is 5.64. The van der Waals surface area contributed by atoms with E-state index in [0.717, 1.165) is 4.72 Å². The minimum Gasteiger partial charge on any atom is -0.210 e. The van der Waals surface area contributed by atoms with Crippen LogP contribution in [-0.4, -0.2) is 32.3 Å². The van der Waals surface area contributed by atoms with E-state index in [9.17, 15) is 39.2 Å². The first kappa shape index (κ1) is 18.4. The zero-order valence-corrected chi connectivity index (χ0v) is 10.5. The Labute approximate surface area is 105 Å².